The van der Waals surface area contributed by atoms with Crippen LogP contribution in [0.1, 0.15) is 39.5 Å². The van der Waals surface area contributed by atoms with Crippen molar-refractivity contribution in [3.63, 3.8) is 0 Å². The summed E-state index contributed by atoms with van der Waals surface area (Å²) in [6, 6.07) is 3.86. The first-order valence-electron chi connectivity index (χ1n) is 9.36. The zero-order valence-corrected chi connectivity index (χ0v) is 16.0. The van der Waals surface area contributed by atoms with Gasteiger partial charge in [0.15, 0.2) is 0 Å². The molecule has 5 nitrogen and oxygen atoms in total. The number of carbonyl (C=O) groups excluding carboxylic acids is 1. The number of anilines is 1. The van der Waals surface area contributed by atoms with E-state index < -0.39 is 0 Å². The molecule has 0 saturated carbocycles. The third-order valence-corrected chi connectivity index (χ3v) is 6.08. The molecule has 2 fully saturated rings. The molecule has 1 unspecified atom stereocenters. The quantitative estimate of drug-likeness (QED) is 0.723. The average Bonchev–Trinajstić information content (AvgIpc) is 2.97. The maximum Gasteiger partial charge on any atom is 0.312 e. The van der Waals surface area contributed by atoms with Crippen LogP contribution in [0.3, 0.4) is 0 Å². The molecule has 0 spiro atoms. The van der Waals surface area contributed by atoms with Crippen molar-refractivity contribution in [2.24, 2.45) is 5.41 Å². The summed E-state index contributed by atoms with van der Waals surface area (Å²) in [6.07, 6.45) is 5.37. The minimum atomic E-state index is -0.233. The van der Waals surface area contributed by atoms with Gasteiger partial charge in [-0.05, 0) is 31.4 Å². The Morgan fingerprint density at radius 3 is 2.52 bits per heavy atom. The topological polar surface area (TPSA) is 45.7 Å². The van der Waals surface area contributed by atoms with Gasteiger partial charge in [-0.3, -0.25) is 9.69 Å². The molecule has 0 aromatic carbocycles. The number of cyclic esters (lactones) is 1. The van der Waals surface area contributed by atoms with Gasteiger partial charge >= 0.3 is 5.97 Å². The minimum absolute atomic E-state index is 0.0149. The van der Waals surface area contributed by atoms with Gasteiger partial charge in [-0.2, -0.15) is 0 Å². The normalized spacial score (nSPS) is 23.7. The van der Waals surface area contributed by atoms with Crippen molar-refractivity contribution >= 4 is 23.4 Å². The van der Waals surface area contributed by atoms with Crippen LogP contribution in [0.15, 0.2) is 18.3 Å². The number of pyridine rings is 1. The van der Waals surface area contributed by atoms with Crippen molar-refractivity contribution in [2.45, 2.75) is 45.6 Å². The van der Waals surface area contributed by atoms with Crippen LogP contribution in [0, 0.1) is 5.41 Å². The number of hydrogen-bond acceptors (Lipinski definition) is 5. The van der Waals surface area contributed by atoms with Gasteiger partial charge < -0.3 is 9.64 Å². The van der Waals surface area contributed by atoms with Crippen molar-refractivity contribution in [1.82, 2.24) is 9.88 Å². The van der Waals surface area contributed by atoms with Crippen LogP contribution >= 0.6 is 11.6 Å². The van der Waals surface area contributed by atoms with Crippen LogP contribution in [0.5, 0.6) is 0 Å². The number of hydrogen-bond donors (Lipinski definition) is 0. The van der Waals surface area contributed by atoms with E-state index in [1.54, 1.807) is 6.20 Å². The SMILES string of the molecule is CCC1(CC)CC(CCN2CCN(c3ccc(Cl)cn3)CC2)OC1=O. The Kier molecular flexibility index (Phi) is 5.85. The summed E-state index contributed by atoms with van der Waals surface area (Å²) in [4.78, 5) is 21.3. The lowest BCUT2D eigenvalue weighted by Crippen LogP contribution is -2.47. The van der Waals surface area contributed by atoms with E-state index in [1.807, 2.05) is 12.1 Å². The van der Waals surface area contributed by atoms with E-state index in [0.29, 0.717) is 5.02 Å². The Morgan fingerprint density at radius 2 is 1.96 bits per heavy atom. The number of rotatable bonds is 6. The predicted molar refractivity (Wildman–Crippen MR) is 100 cm³/mol. The van der Waals surface area contributed by atoms with Crippen LogP contribution in [-0.2, 0) is 9.53 Å². The van der Waals surface area contributed by atoms with Crippen LogP contribution in [-0.4, -0.2) is 54.7 Å². The lowest BCUT2D eigenvalue weighted by molar-refractivity contribution is -0.149. The summed E-state index contributed by atoms with van der Waals surface area (Å²) in [7, 11) is 0. The number of esters is 1. The Hall–Kier alpha value is -1.33. The highest BCUT2D eigenvalue weighted by Crippen LogP contribution is 2.41. The van der Waals surface area contributed by atoms with E-state index in [1.165, 1.54) is 0 Å². The summed E-state index contributed by atoms with van der Waals surface area (Å²) in [5, 5.41) is 0.670. The minimum Gasteiger partial charge on any atom is -0.462 e. The van der Waals surface area contributed by atoms with Gasteiger partial charge in [0.2, 0.25) is 0 Å². The molecule has 138 valence electrons. The van der Waals surface area contributed by atoms with Gasteiger partial charge in [0.1, 0.15) is 11.9 Å². The van der Waals surface area contributed by atoms with Crippen LogP contribution in [0.4, 0.5) is 5.82 Å². The highest BCUT2D eigenvalue weighted by molar-refractivity contribution is 6.30. The molecular formula is C19H28ClN3O2. The number of nitrogens with zero attached hydrogens (tertiary/aromatic N) is 3. The van der Waals surface area contributed by atoms with E-state index in [-0.39, 0.29) is 17.5 Å². The Morgan fingerprint density at radius 1 is 1.24 bits per heavy atom. The molecule has 0 amide bonds. The Bertz CT molecular complexity index is 581. The zero-order chi connectivity index (χ0) is 17.9. The third-order valence-electron chi connectivity index (χ3n) is 5.85. The van der Waals surface area contributed by atoms with Crippen molar-refractivity contribution in [2.75, 3.05) is 37.6 Å². The molecule has 1 atom stereocenters. The molecule has 0 aliphatic carbocycles. The molecule has 2 saturated heterocycles. The van der Waals surface area contributed by atoms with E-state index >= 15 is 0 Å². The van der Waals surface area contributed by atoms with Crippen molar-refractivity contribution in [1.29, 1.82) is 0 Å². The van der Waals surface area contributed by atoms with Gasteiger partial charge in [0, 0.05) is 45.3 Å². The lowest BCUT2D eigenvalue weighted by Gasteiger charge is -2.35. The number of halogens is 1. The smallest absolute Gasteiger partial charge is 0.312 e. The molecular weight excluding hydrogens is 338 g/mol. The molecule has 6 heteroatoms. The molecule has 0 radical (unpaired) electrons. The van der Waals surface area contributed by atoms with E-state index in [2.05, 4.69) is 28.6 Å². The third kappa shape index (κ3) is 4.09. The second kappa shape index (κ2) is 7.92. The van der Waals surface area contributed by atoms with Crippen LogP contribution in [0.2, 0.25) is 5.02 Å². The fraction of sp³-hybridized carbons (Fsp3) is 0.684. The van der Waals surface area contributed by atoms with Crippen molar-refractivity contribution in [3.8, 4) is 0 Å². The van der Waals surface area contributed by atoms with Crippen molar-refractivity contribution in [3.05, 3.63) is 23.4 Å². The van der Waals surface area contributed by atoms with Crippen LogP contribution in [0.25, 0.3) is 0 Å². The lowest BCUT2D eigenvalue weighted by atomic mass is 9.79. The van der Waals surface area contributed by atoms with E-state index in [4.69, 9.17) is 16.3 Å². The van der Waals surface area contributed by atoms with Gasteiger partial charge in [0.25, 0.3) is 0 Å². The number of ether oxygens (including phenoxy) is 1. The number of carbonyl (C=O) groups is 1. The summed E-state index contributed by atoms with van der Waals surface area (Å²) in [6.45, 7) is 9.13. The molecule has 0 N–H and O–H groups in total. The first-order chi connectivity index (χ1) is 12.1. The fourth-order valence-corrected chi connectivity index (χ4v) is 4.02. The predicted octanol–water partition coefficient (Wildman–Crippen LogP) is 3.37. The number of piperazine rings is 1. The molecule has 2 aliphatic heterocycles. The first kappa shape index (κ1) is 18.5. The van der Waals surface area contributed by atoms with Gasteiger partial charge in [-0.15, -0.1) is 0 Å². The van der Waals surface area contributed by atoms with E-state index in [9.17, 15) is 4.79 Å². The second-order valence-corrected chi connectivity index (χ2v) is 7.61. The highest BCUT2D eigenvalue weighted by Gasteiger charge is 2.46. The molecule has 3 rings (SSSR count). The van der Waals surface area contributed by atoms with Gasteiger partial charge in [0.05, 0.1) is 10.4 Å². The molecule has 0 bridgehead atoms. The Labute approximate surface area is 155 Å². The summed E-state index contributed by atoms with van der Waals surface area (Å²) >= 11 is 5.90. The maximum atomic E-state index is 12.2. The molecule has 2 aliphatic rings. The zero-order valence-electron chi connectivity index (χ0n) is 15.2. The maximum absolute atomic E-state index is 12.2. The fourth-order valence-electron chi connectivity index (χ4n) is 3.91. The summed E-state index contributed by atoms with van der Waals surface area (Å²) in [5.41, 5.74) is -0.233. The molecule has 25 heavy (non-hydrogen) atoms. The summed E-state index contributed by atoms with van der Waals surface area (Å²) < 4.78 is 5.65. The largest absolute Gasteiger partial charge is 0.462 e. The van der Waals surface area contributed by atoms with Crippen LogP contribution < -0.4 is 4.90 Å². The summed E-state index contributed by atoms with van der Waals surface area (Å²) in [5.74, 6) is 1.01. The highest BCUT2D eigenvalue weighted by atomic mass is 35.5. The molecule has 3 heterocycles. The Balaban J connectivity index is 1.44. The molecule has 1 aromatic heterocycles. The van der Waals surface area contributed by atoms with Crippen molar-refractivity contribution < 1.29 is 9.53 Å². The molecule has 1 aromatic rings. The van der Waals surface area contributed by atoms with Gasteiger partial charge in [-0.1, -0.05) is 25.4 Å². The average molecular weight is 366 g/mol. The number of aromatic nitrogens is 1. The second-order valence-electron chi connectivity index (χ2n) is 7.17. The monoisotopic (exact) mass is 365 g/mol. The first-order valence-corrected chi connectivity index (χ1v) is 9.74. The van der Waals surface area contributed by atoms with Gasteiger partial charge in [-0.25, -0.2) is 4.98 Å². The van der Waals surface area contributed by atoms with E-state index in [0.717, 1.165) is 64.2 Å². The standard InChI is InChI=1S/C19H28ClN3O2/c1-3-19(4-2)13-16(25-18(19)24)7-8-22-9-11-23(12-10-22)17-6-5-15(20)14-21-17/h5-6,14,16H,3-4,7-13H2,1-2H3.